The van der Waals surface area contributed by atoms with Crippen molar-refractivity contribution in [2.75, 3.05) is 18.6 Å². The Morgan fingerprint density at radius 2 is 1.84 bits per heavy atom. The van der Waals surface area contributed by atoms with Crippen molar-refractivity contribution in [1.82, 2.24) is 9.97 Å². The molecule has 1 aliphatic rings. The molecule has 0 aliphatic carbocycles. The Bertz CT molecular complexity index is 429. The van der Waals surface area contributed by atoms with Gasteiger partial charge in [0.2, 0.25) is 5.95 Å². The molecule has 0 aromatic carbocycles. The first-order valence-electron chi connectivity index (χ1n) is 6.58. The zero-order valence-corrected chi connectivity index (χ0v) is 12.6. The van der Waals surface area contributed by atoms with Crippen LogP contribution in [0.25, 0.3) is 0 Å². The molecule has 1 unspecified atom stereocenters. The maximum Gasteiger partial charge on any atom is 0.259 e. The number of nitrogens with zero attached hydrogens (tertiary/aromatic N) is 3. The summed E-state index contributed by atoms with van der Waals surface area (Å²) < 4.78 is 5.27. The molecule has 1 aliphatic heterocycles. The fraction of sp³-hybridized carbons (Fsp3) is 0.643. The van der Waals surface area contributed by atoms with E-state index in [9.17, 15) is 4.79 Å². The third kappa shape index (κ3) is 3.10. The normalized spacial score (nSPS) is 21.1. The zero-order chi connectivity index (χ0) is 14.6. The summed E-state index contributed by atoms with van der Waals surface area (Å²) in [5.41, 5.74) is 0.753. The van der Waals surface area contributed by atoms with E-state index in [1.165, 1.54) is 0 Å². The van der Waals surface area contributed by atoms with Crippen molar-refractivity contribution in [2.24, 2.45) is 5.41 Å². The van der Waals surface area contributed by atoms with E-state index in [0.29, 0.717) is 12.5 Å². The van der Waals surface area contributed by atoms with Gasteiger partial charge in [0.25, 0.3) is 5.91 Å². The monoisotopic (exact) mass is 265 g/mol. The van der Waals surface area contributed by atoms with E-state index in [2.05, 4.69) is 9.97 Å². The Hall–Kier alpha value is -1.49. The van der Waals surface area contributed by atoms with E-state index >= 15 is 0 Å². The van der Waals surface area contributed by atoms with Crippen LogP contribution in [-0.4, -0.2) is 35.6 Å². The zero-order valence-electron chi connectivity index (χ0n) is 12.6. The van der Waals surface area contributed by atoms with Crippen LogP contribution < -0.4 is 4.90 Å². The van der Waals surface area contributed by atoms with E-state index in [-0.39, 0.29) is 11.3 Å². The number of rotatable bonds is 2. The van der Waals surface area contributed by atoms with Crippen LogP contribution >= 0.6 is 0 Å². The first-order valence-corrected chi connectivity index (χ1v) is 6.58. The van der Waals surface area contributed by atoms with Crippen LogP contribution in [0.5, 0.6) is 0 Å². The Labute approximate surface area is 115 Å². The Morgan fingerprint density at radius 3 is 2.26 bits per heavy atom. The van der Waals surface area contributed by atoms with Gasteiger partial charge in [-0.1, -0.05) is 27.7 Å². The van der Waals surface area contributed by atoms with Gasteiger partial charge in [-0.05, 0) is 12.5 Å². The lowest BCUT2D eigenvalue weighted by molar-refractivity contribution is -0.128. The van der Waals surface area contributed by atoms with Crippen molar-refractivity contribution < 1.29 is 9.53 Å². The number of hydrogen-bond donors (Lipinski definition) is 0. The van der Waals surface area contributed by atoms with Crippen molar-refractivity contribution in [3.63, 3.8) is 0 Å². The average Bonchev–Trinajstić information content (AvgIpc) is 2.62. The summed E-state index contributed by atoms with van der Waals surface area (Å²) in [7, 11) is 1.56. The molecular weight excluding hydrogens is 242 g/mol. The largest absolute Gasteiger partial charge is 0.371 e. The molecule has 0 radical (unpaired) electrons. The lowest BCUT2D eigenvalue weighted by atomic mass is 9.90. The van der Waals surface area contributed by atoms with Gasteiger partial charge in [0, 0.05) is 31.5 Å². The molecule has 2 heterocycles. The lowest BCUT2D eigenvalue weighted by Crippen LogP contribution is -2.33. The SMILES string of the molecule is CC.COC1C(=O)N(c2ncc(C)cn2)CC1(C)C. The highest BCUT2D eigenvalue weighted by atomic mass is 16.5. The van der Waals surface area contributed by atoms with Crippen LogP contribution in [0, 0.1) is 12.3 Å². The van der Waals surface area contributed by atoms with Crippen LogP contribution in [0.2, 0.25) is 0 Å². The van der Waals surface area contributed by atoms with Crippen molar-refractivity contribution in [3.8, 4) is 0 Å². The van der Waals surface area contributed by atoms with Crippen LogP contribution in [0.15, 0.2) is 12.4 Å². The number of methoxy groups -OCH3 is 1. The van der Waals surface area contributed by atoms with Gasteiger partial charge in [0.15, 0.2) is 0 Å². The highest BCUT2D eigenvalue weighted by molar-refractivity contribution is 5.98. The predicted molar refractivity (Wildman–Crippen MR) is 75.0 cm³/mol. The van der Waals surface area contributed by atoms with E-state index in [4.69, 9.17) is 4.74 Å². The maximum absolute atomic E-state index is 12.2. The molecule has 106 valence electrons. The summed E-state index contributed by atoms with van der Waals surface area (Å²) in [6.45, 7) is 10.5. The molecule has 1 saturated heterocycles. The maximum atomic E-state index is 12.2. The predicted octanol–water partition coefficient (Wildman–Crippen LogP) is 2.20. The Kier molecular flexibility index (Phi) is 5.00. The standard InChI is InChI=1S/C12H17N3O2.C2H6/c1-8-5-13-11(14-6-8)15-7-12(2,3)9(17-4)10(15)16;1-2/h5-6,9H,7H2,1-4H3;1-2H3. The van der Waals surface area contributed by atoms with E-state index in [1.54, 1.807) is 24.4 Å². The van der Waals surface area contributed by atoms with E-state index < -0.39 is 6.10 Å². The molecule has 0 N–H and O–H groups in total. The highest BCUT2D eigenvalue weighted by Gasteiger charge is 2.47. The summed E-state index contributed by atoms with van der Waals surface area (Å²) >= 11 is 0. The second kappa shape index (κ2) is 6.10. The molecule has 19 heavy (non-hydrogen) atoms. The molecule has 2 rings (SSSR count). The molecule has 1 amide bonds. The molecule has 5 nitrogen and oxygen atoms in total. The second-order valence-electron chi connectivity index (χ2n) is 5.09. The third-order valence-corrected chi connectivity index (χ3v) is 3.01. The number of aryl methyl sites for hydroxylation is 1. The van der Waals surface area contributed by atoms with Gasteiger partial charge < -0.3 is 4.74 Å². The van der Waals surface area contributed by atoms with E-state index in [1.807, 2.05) is 34.6 Å². The summed E-state index contributed by atoms with van der Waals surface area (Å²) in [5, 5.41) is 0. The van der Waals surface area contributed by atoms with Gasteiger partial charge in [0.05, 0.1) is 0 Å². The van der Waals surface area contributed by atoms with Crippen LogP contribution in [0.3, 0.4) is 0 Å². The number of amides is 1. The highest BCUT2D eigenvalue weighted by Crippen LogP contribution is 2.34. The number of carbonyl (C=O) groups excluding carboxylic acids is 1. The second-order valence-corrected chi connectivity index (χ2v) is 5.09. The van der Waals surface area contributed by atoms with Crippen molar-refractivity contribution in [3.05, 3.63) is 18.0 Å². The molecule has 1 aromatic heterocycles. The molecule has 0 saturated carbocycles. The topological polar surface area (TPSA) is 55.3 Å². The number of aromatic nitrogens is 2. The number of hydrogen-bond acceptors (Lipinski definition) is 4. The van der Waals surface area contributed by atoms with Gasteiger partial charge in [-0.2, -0.15) is 0 Å². The Balaban J connectivity index is 0.000000861. The smallest absolute Gasteiger partial charge is 0.259 e. The average molecular weight is 265 g/mol. The van der Waals surface area contributed by atoms with Crippen LogP contribution in [0.4, 0.5) is 5.95 Å². The van der Waals surface area contributed by atoms with Crippen molar-refractivity contribution in [2.45, 2.75) is 40.7 Å². The first kappa shape index (κ1) is 15.6. The van der Waals surface area contributed by atoms with Crippen LogP contribution in [-0.2, 0) is 9.53 Å². The molecule has 1 atom stereocenters. The van der Waals surface area contributed by atoms with Gasteiger partial charge in [-0.15, -0.1) is 0 Å². The van der Waals surface area contributed by atoms with E-state index in [0.717, 1.165) is 5.56 Å². The van der Waals surface area contributed by atoms with Gasteiger partial charge in [-0.3, -0.25) is 9.69 Å². The summed E-state index contributed by atoms with van der Waals surface area (Å²) in [6, 6.07) is 0. The molecule has 5 heteroatoms. The van der Waals surface area contributed by atoms with Crippen molar-refractivity contribution >= 4 is 11.9 Å². The fourth-order valence-electron chi connectivity index (χ4n) is 2.16. The van der Waals surface area contributed by atoms with Crippen LogP contribution in [0.1, 0.15) is 33.3 Å². The molecule has 0 bridgehead atoms. The fourth-order valence-corrected chi connectivity index (χ4v) is 2.16. The quantitative estimate of drug-likeness (QED) is 0.822. The number of carbonyl (C=O) groups is 1. The summed E-state index contributed by atoms with van der Waals surface area (Å²) in [5.74, 6) is 0.384. The number of anilines is 1. The summed E-state index contributed by atoms with van der Waals surface area (Å²) in [4.78, 5) is 22.1. The third-order valence-electron chi connectivity index (χ3n) is 3.01. The summed E-state index contributed by atoms with van der Waals surface area (Å²) in [6.07, 6.45) is 3.00. The minimum absolute atomic E-state index is 0.0682. The molecule has 0 spiro atoms. The number of ether oxygens (including phenoxy) is 1. The minimum Gasteiger partial charge on any atom is -0.371 e. The molecule has 1 fully saturated rings. The van der Waals surface area contributed by atoms with Gasteiger partial charge in [-0.25, -0.2) is 9.97 Å². The van der Waals surface area contributed by atoms with Gasteiger partial charge in [0.1, 0.15) is 6.10 Å². The molecular formula is C14H23N3O2. The molecule has 1 aromatic rings. The Morgan fingerprint density at radius 1 is 1.32 bits per heavy atom. The van der Waals surface area contributed by atoms with Gasteiger partial charge >= 0.3 is 0 Å². The lowest BCUT2D eigenvalue weighted by Gasteiger charge is -2.21. The first-order chi connectivity index (χ1) is 8.95. The van der Waals surface area contributed by atoms with Crippen molar-refractivity contribution in [1.29, 1.82) is 0 Å². The minimum atomic E-state index is -0.424.